The van der Waals surface area contributed by atoms with E-state index in [1.807, 2.05) is 12.1 Å². The first-order valence-corrected chi connectivity index (χ1v) is 17.5. The molecule has 3 heterocycles. The molecule has 7 rings (SSSR count). The third-order valence-corrected chi connectivity index (χ3v) is 11.0. The Bertz CT molecular complexity index is 2140. The van der Waals surface area contributed by atoms with Gasteiger partial charge >= 0.3 is 0 Å². The van der Waals surface area contributed by atoms with Gasteiger partial charge in [-0.15, -0.1) is 0 Å². The minimum Gasteiger partial charge on any atom is -0.489 e. The summed E-state index contributed by atoms with van der Waals surface area (Å²) in [5.74, 6) is 4.85. The van der Waals surface area contributed by atoms with Gasteiger partial charge in [0.25, 0.3) is 17.7 Å². The molecule has 264 valence electrons. The van der Waals surface area contributed by atoms with E-state index in [9.17, 15) is 29.2 Å². The Hall–Kier alpha value is -5.65. The second kappa shape index (κ2) is 12.8. The minimum absolute atomic E-state index is 0.0687. The number of nitrogens with zero attached hydrogens (tertiary/aromatic N) is 3. The number of rotatable bonds is 6. The number of benzene rings is 3. The zero-order chi connectivity index (χ0) is 37.1. The predicted molar refractivity (Wildman–Crippen MR) is 192 cm³/mol. The Labute approximate surface area is 306 Å². The number of nitriles is 1. The van der Waals surface area contributed by atoms with Crippen LogP contribution in [0.2, 0.25) is 5.02 Å². The standard InChI is InChI=1S/C40H36ClN5O6/c1-39(2)37(40(3,4)38(39)52-27-13-11-25(19-42)30(41)18-27)44-33(48)24-9-7-22(8-10-24)5-6-23-20-45(21-23)26-12-14-28-29(17-26)36(51)46(35(28)50)31-15-16-32(47)43-34(31)49/h7-14,17-18,23,31,37-38H,15-16,20-21H2,1-4H3,(H,44,48)(H,43,47,49). The second-order valence-electron chi connectivity index (χ2n) is 14.9. The third-order valence-electron chi connectivity index (χ3n) is 10.7. The Morgan fingerprint density at radius 1 is 0.942 bits per heavy atom. The highest BCUT2D eigenvalue weighted by Crippen LogP contribution is 2.55. The minimum atomic E-state index is -1.00. The van der Waals surface area contributed by atoms with Crippen molar-refractivity contribution in [1.82, 2.24) is 15.5 Å². The fourth-order valence-corrected chi connectivity index (χ4v) is 8.35. The zero-order valence-electron chi connectivity index (χ0n) is 29.1. The molecule has 0 spiro atoms. The number of hydrogen-bond donors (Lipinski definition) is 2. The van der Waals surface area contributed by atoms with Crippen LogP contribution in [-0.4, -0.2) is 65.7 Å². The predicted octanol–water partition coefficient (Wildman–Crippen LogP) is 4.71. The molecule has 1 atom stereocenters. The van der Waals surface area contributed by atoms with E-state index in [-0.39, 0.29) is 58.8 Å². The summed E-state index contributed by atoms with van der Waals surface area (Å²) >= 11 is 6.21. The molecular formula is C40H36ClN5O6. The molecule has 3 aromatic rings. The van der Waals surface area contributed by atoms with Crippen LogP contribution in [0.25, 0.3) is 0 Å². The molecule has 2 saturated heterocycles. The molecule has 3 aromatic carbocycles. The molecule has 52 heavy (non-hydrogen) atoms. The van der Waals surface area contributed by atoms with Crippen LogP contribution in [0.15, 0.2) is 60.7 Å². The van der Waals surface area contributed by atoms with Gasteiger partial charge in [-0.1, -0.05) is 51.1 Å². The van der Waals surface area contributed by atoms with Crippen molar-refractivity contribution in [3.8, 4) is 23.7 Å². The SMILES string of the molecule is CC1(C)C(NC(=O)c2ccc(C#CC3CN(c4ccc5c(c4)C(=O)N(C4CCC(=O)NC4=O)C5=O)C3)cc2)C(C)(C)C1Oc1ccc(C#N)c(Cl)c1. The summed E-state index contributed by atoms with van der Waals surface area (Å²) in [5, 5.41) is 14.9. The number of anilines is 1. The summed E-state index contributed by atoms with van der Waals surface area (Å²) in [4.78, 5) is 66.5. The van der Waals surface area contributed by atoms with E-state index in [4.69, 9.17) is 16.3 Å². The molecule has 5 amide bonds. The number of halogens is 1. The zero-order valence-corrected chi connectivity index (χ0v) is 29.8. The average molecular weight is 718 g/mol. The number of piperidine rings is 1. The number of ether oxygens (including phenoxy) is 1. The third kappa shape index (κ3) is 5.95. The Kier molecular flexibility index (Phi) is 8.59. The number of amides is 5. The molecule has 0 radical (unpaired) electrons. The van der Waals surface area contributed by atoms with Crippen molar-refractivity contribution in [2.24, 2.45) is 16.7 Å². The summed E-state index contributed by atoms with van der Waals surface area (Å²) in [7, 11) is 0. The second-order valence-corrected chi connectivity index (χ2v) is 15.3. The van der Waals surface area contributed by atoms with E-state index in [1.165, 1.54) is 0 Å². The van der Waals surface area contributed by atoms with Crippen LogP contribution >= 0.6 is 11.6 Å². The topological polar surface area (TPSA) is 149 Å². The van der Waals surface area contributed by atoms with Crippen molar-refractivity contribution < 1.29 is 28.7 Å². The molecule has 4 aliphatic rings. The lowest BCUT2D eigenvalue weighted by Gasteiger charge is -2.63. The van der Waals surface area contributed by atoms with Gasteiger partial charge in [0.2, 0.25) is 11.8 Å². The van der Waals surface area contributed by atoms with Crippen LogP contribution in [-0.2, 0) is 9.59 Å². The van der Waals surface area contributed by atoms with Crippen molar-refractivity contribution in [2.45, 2.75) is 58.7 Å². The first-order chi connectivity index (χ1) is 24.7. The fourth-order valence-electron chi connectivity index (χ4n) is 8.14. The number of fused-ring (bicyclic) bond motifs is 1. The maximum absolute atomic E-state index is 13.3. The highest BCUT2D eigenvalue weighted by Gasteiger charge is 2.64. The molecule has 1 unspecified atom stereocenters. The molecule has 1 aliphatic carbocycles. The normalized spacial score (nSPS) is 23.0. The number of imide groups is 2. The Morgan fingerprint density at radius 3 is 2.29 bits per heavy atom. The smallest absolute Gasteiger partial charge is 0.262 e. The first kappa shape index (κ1) is 34.8. The number of nitrogens with one attached hydrogen (secondary N) is 2. The largest absolute Gasteiger partial charge is 0.489 e. The molecule has 11 nitrogen and oxygen atoms in total. The maximum atomic E-state index is 13.3. The van der Waals surface area contributed by atoms with Crippen LogP contribution in [0, 0.1) is 39.9 Å². The number of carbonyl (C=O) groups excluding carboxylic acids is 5. The average Bonchev–Trinajstić information content (AvgIpc) is 3.33. The molecule has 0 bridgehead atoms. The van der Waals surface area contributed by atoms with Gasteiger partial charge in [-0.3, -0.25) is 34.2 Å². The molecule has 3 aliphatic heterocycles. The van der Waals surface area contributed by atoms with E-state index >= 15 is 0 Å². The van der Waals surface area contributed by atoms with Gasteiger partial charge in [0.1, 0.15) is 24.0 Å². The molecule has 1 saturated carbocycles. The first-order valence-electron chi connectivity index (χ1n) is 17.1. The molecule has 12 heteroatoms. The lowest BCUT2D eigenvalue weighted by Crippen LogP contribution is -2.74. The molecule has 2 N–H and O–H groups in total. The lowest BCUT2D eigenvalue weighted by molar-refractivity contribution is -0.164. The van der Waals surface area contributed by atoms with Crippen LogP contribution in [0.4, 0.5) is 5.69 Å². The summed E-state index contributed by atoms with van der Waals surface area (Å²) in [5.41, 5.74) is 2.20. The van der Waals surface area contributed by atoms with Crippen LogP contribution in [0.3, 0.4) is 0 Å². The van der Waals surface area contributed by atoms with Crippen molar-refractivity contribution in [3.05, 3.63) is 93.5 Å². The van der Waals surface area contributed by atoms with Crippen molar-refractivity contribution in [3.63, 3.8) is 0 Å². The summed E-state index contributed by atoms with van der Waals surface area (Å²) in [6.45, 7) is 9.51. The monoisotopic (exact) mass is 717 g/mol. The van der Waals surface area contributed by atoms with Crippen molar-refractivity contribution in [2.75, 3.05) is 18.0 Å². The van der Waals surface area contributed by atoms with E-state index in [1.54, 1.807) is 48.5 Å². The molecule has 3 fully saturated rings. The Morgan fingerprint density at radius 2 is 1.63 bits per heavy atom. The molecular weight excluding hydrogens is 682 g/mol. The number of hydrogen-bond acceptors (Lipinski definition) is 8. The summed E-state index contributed by atoms with van der Waals surface area (Å²) in [6.07, 6.45) is -0.0310. The van der Waals surface area contributed by atoms with E-state index in [2.05, 4.69) is 61.1 Å². The highest BCUT2D eigenvalue weighted by molar-refractivity contribution is 6.31. The van der Waals surface area contributed by atoms with Crippen molar-refractivity contribution in [1.29, 1.82) is 5.26 Å². The van der Waals surface area contributed by atoms with Gasteiger partial charge < -0.3 is 15.0 Å². The van der Waals surface area contributed by atoms with Gasteiger partial charge in [-0.05, 0) is 61.0 Å². The Balaban J connectivity index is 0.931. The van der Waals surface area contributed by atoms with Gasteiger partial charge in [0.05, 0.1) is 27.6 Å². The van der Waals surface area contributed by atoms with Crippen LogP contribution < -0.4 is 20.3 Å². The van der Waals surface area contributed by atoms with Gasteiger partial charge in [0.15, 0.2) is 0 Å². The van der Waals surface area contributed by atoms with E-state index < -0.39 is 29.7 Å². The quantitative estimate of drug-likeness (QED) is 0.275. The van der Waals surface area contributed by atoms with E-state index in [0.29, 0.717) is 35.0 Å². The summed E-state index contributed by atoms with van der Waals surface area (Å²) < 4.78 is 6.33. The highest BCUT2D eigenvalue weighted by atomic mass is 35.5. The summed E-state index contributed by atoms with van der Waals surface area (Å²) in [6, 6.07) is 18.2. The maximum Gasteiger partial charge on any atom is 0.262 e. The molecule has 0 aromatic heterocycles. The number of carbonyl (C=O) groups is 5. The van der Waals surface area contributed by atoms with Crippen LogP contribution in [0.1, 0.15) is 82.7 Å². The van der Waals surface area contributed by atoms with Crippen LogP contribution in [0.5, 0.6) is 5.75 Å². The van der Waals surface area contributed by atoms with Gasteiger partial charge in [0, 0.05) is 59.3 Å². The lowest BCUT2D eigenvalue weighted by atomic mass is 9.49. The fraction of sp³-hybridized carbons (Fsp3) is 0.350. The van der Waals surface area contributed by atoms with Crippen molar-refractivity contribution >= 4 is 46.8 Å². The van der Waals surface area contributed by atoms with E-state index in [0.717, 1.165) is 16.2 Å². The van der Waals surface area contributed by atoms with Gasteiger partial charge in [-0.2, -0.15) is 5.26 Å². The van der Waals surface area contributed by atoms with Gasteiger partial charge in [-0.25, -0.2) is 0 Å².